The van der Waals surface area contributed by atoms with Crippen LogP contribution < -0.4 is 0 Å². The minimum atomic E-state index is -3.76. The van der Waals surface area contributed by atoms with Gasteiger partial charge in [0, 0.05) is 12.1 Å². The van der Waals surface area contributed by atoms with Crippen LogP contribution in [0, 0.1) is 0 Å². The highest BCUT2D eigenvalue weighted by molar-refractivity contribution is 7.89. The second kappa shape index (κ2) is 5.07. The van der Waals surface area contributed by atoms with Gasteiger partial charge < -0.3 is 5.11 Å². The normalized spacial score (nSPS) is 12.9. The topological polar surface area (TPSA) is 103 Å². The summed E-state index contributed by atoms with van der Waals surface area (Å²) in [6.45, 7) is 5.05. The number of hydrogen-bond acceptors (Lipinski definition) is 4. The molecule has 102 valence electrons. The number of rotatable bonds is 5. The lowest BCUT2D eigenvalue weighted by atomic mass is 10.1. The molecule has 0 radical (unpaired) electrons. The van der Waals surface area contributed by atoms with Gasteiger partial charge in [0.1, 0.15) is 0 Å². The van der Waals surface area contributed by atoms with Gasteiger partial charge in [0.25, 0.3) is 10.0 Å². The molecule has 1 heterocycles. The fourth-order valence-electron chi connectivity index (χ4n) is 1.52. The third-order valence-corrected chi connectivity index (χ3v) is 4.41. The third-order valence-electron chi connectivity index (χ3n) is 2.32. The van der Waals surface area contributed by atoms with E-state index < -0.39 is 21.5 Å². The third kappa shape index (κ3) is 3.30. The van der Waals surface area contributed by atoms with E-state index in [1.807, 2.05) is 0 Å². The number of carbonyl (C=O) groups is 1. The smallest absolute Gasteiger partial charge is 0.304 e. The molecule has 0 unspecified atom stereocenters. The van der Waals surface area contributed by atoms with Crippen molar-refractivity contribution in [2.45, 2.75) is 37.8 Å². The Morgan fingerprint density at radius 3 is 2.50 bits per heavy atom. The number of H-pyrrole nitrogens is 1. The van der Waals surface area contributed by atoms with E-state index in [1.165, 1.54) is 12.3 Å². The Balaban J connectivity index is 3.08. The van der Waals surface area contributed by atoms with Gasteiger partial charge in [-0.2, -0.15) is 9.40 Å². The standard InChI is InChI=1S/C10H17N3O4S/c1-10(2,3)13(7-5-9(14)15)18(16,17)8-4-6-11-12-8/h4,6H,5,7H2,1-3H3,(H,11,12)(H,14,15). The average Bonchev–Trinajstić information content (AvgIpc) is 2.67. The molecule has 1 aromatic rings. The summed E-state index contributed by atoms with van der Waals surface area (Å²) in [6, 6.07) is 1.34. The van der Waals surface area contributed by atoms with Crippen LogP contribution in [0.2, 0.25) is 0 Å². The first-order chi connectivity index (χ1) is 8.15. The van der Waals surface area contributed by atoms with Gasteiger partial charge >= 0.3 is 5.97 Å². The lowest BCUT2D eigenvalue weighted by molar-refractivity contribution is -0.137. The van der Waals surface area contributed by atoms with Crippen molar-refractivity contribution in [1.29, 1.82) is 0 Å². The molecule has 1 rings (SSSR count). The molecule has 0 amide bonds. The predicted octanol–water partition coefficient (Wildman–Crippen LogP) is 0.674. The van der Waals surface area contributed by atoms with Gasteiger partial charge in [-0.05, 0) is 26.8 Å². The molecule has 0 saturated carbocycles. The highest BCUT2D eigenvalue weighted by Crippen LogP contribution is 2.23. The quantitative estimate of drug-likeness (QED) is 0.822. The maximum absolute atomic E-state index is 12.3. The first-order valence-corrected chi connectivity index (χ1v) is 6.84. The molecule has 0 aliphatic heterocycles. The van der Waals surface area contributed by atoms with Gasteiger partial charge in [-0.25, -0.2) is 8.42 Å². The molecule has 0 bridgehead atoms. The van der Waals surface area contributed by atoms with Crippen LogP contribution in [-0.2, 0) is 14.8 Å². The zero-order valence-electron chi connectivity index (χ0n) is 10.5. The Bertz CT molecular complexity index is 502. The number of hydrogen-bond donors (Lipinski definition) is 2. The molecule has 8 heteroatoms. The molecule has 0 spiro atoms. The summed E-state index contributed by atoms with van der Waals surface area (Å²) in [5.74, 6) is -1.04. The largest absolute Gasteiger partial charge is 0.481 e. The number of nitrogens with zero attached hydrogens (tertiary/aromatic N) is 2. The van der Waals surface area contributed by atoms with E-state index in [0.717, 1.165) is 4.31 Å². The highest BCUT2D eigenvalue weighted by Gasteiger charge is 2.34. The molecule has 0 fully saturated rings. The molecule has 18 heavy (non-hydrogen) atoms. The van der Waals surface area contributed by atoms with E-state index in [4.69, 9.17) is 5.11 Å². The van der Waals surface area contributed by atoms with Crippen molar-refractivity contribution < 1.29 is 18.3 Å². The van der Waals surface area contributed by atoms with Crippen molar-refractivity contribution in [3.63, 3.8) is 0 Å². The van der Waals surface area contributed by atoms with E-state index in [2.05, 4.69) is 10.2 Å². The van der Waals surface area contributed by atoms with Crippen molar-refractivity contribution in [3.05, 3.63) is 12.3 Å². The summed E-state index contributed by atoms with van der Waals surface area (Å²) in [5, 5.41) is 14.6. The Hall–Kier alpha value is -1.41. The monoisotopic (exact) mass is 275 g/mol. The van der Waals surface area contributed by atoms with E-state index >= 15 is 0 Å². The van der Waals surface area contributed by atoms with E-state index in [0.29, 0.717) is 0 Å². The maximum Gasteiger partial charge on any atom is 0.304 e. The number of aliphatic carboxylic acids is 1. The SMILES string of the molecule is CC(C)(C)N(CCC(=O)O)S(=O)(=O)c1ccn[nH]1. The molecular formula is C10H17N3O4S. The van der Waals surface area contributed by atoms with Gasteiger partial charge in [0.05, 0.1) is 12.6 Å². The van der Waals surface area contributed by atoms with E-state index in [9.17, 15) is 13.2 Å². The second-order valence-corrected chi connectivity index (χ2v) is 6.64. The van der Waals surface area contributed by atoms with Crippen molar-refractivity contribution >= 4 is 16.0 Å². The fourth-order valence-corrected chi connectivity index (χ4v) is 3.21. The summed E-state index contributed by atoms with van der Waals surface area (Å²) >= 11 is 0. The van der Waals surface area contributed by atoms with Crippen LogP contribution in [-0.4, -0.2) is 46.1 Å². The van der Waals surface area contributed by atoms with Gasteiger partial charge in [-0.3, -0.25) is 9.89 Å². The predicted molar refractivity (Wildman–Crippen MR) is 64.5 cm³/mol. The van der Waals surface area contributed by atoms with Crippen molar-refractivity contribution in [2.75, 3.05) is 6.54 Å². The first kappa shape index (κ1) is 14.7. The van der Waals surface area contributed by atoms with Gasteiger partial charge in [-0.1, -0.05) is 0 Å². The number of nitrogens with one attached hydrogen (secondary N) is 1. The summed E-state index contributed by atoms with van der Waals surface area (Å²) in [4.78, 5) is 10.6. The summed E-state index contributed by atoms with van der Waals surface area (Å²) < 4.78 is 25.8. The second-order valence-electron chi connectivity index (χ2n) is 4.81. The van der Waals surface area contributed by atoms with Crippen LogP contribution in [0.15, 0.2) is 17.3 Å². The highest BCUT2D eigenvalue weighted by atomic mass is 32.2. The first-order valence-electron chi connectivity index (χ1n) is 5.39. The average molecular weight is 275 g/mol. The van der Waals surface area contributed by atoms with Gasteiger partial charge in [-0.15, -0.1) is 0 Å². The van der Waals surface area contributed by atoms with Gasteiger partial charge in [0.2, 0.25) is 0 Å². The zero-order valence-corrected chi connectivity index (χ0v) is 11.4. The molecular weight excluding hydrogens is 258 g/mol. The summed E-state index contributed by atoms with van der Waals surface area (Å²) in [5.41, 5.74) is -0.709. The Labute approximate surface area is 106 Å². The zero-order chi connectivity index (χ0) is 14.0. The van der Waals surface area contributed by atoms with E-state index in [1.54, 1.807) is 20.8 Å². The Morgan fingerprint density at radius 1 is 1.50 bits per heavy atom. The van der Waals surface area contributed by atoms with Crippen LogP contribution in [0.1, 0.15) is 27.2 Å². The maximum atomic E-state index is 12.3. The summed E-state index contributed by atoms with van der Waals surface area (Å²) in [7, 11) is -3.76. The lowest BCUT2D eigenvalue weighted by Gasteiger charge is -2.33. The summed E-state index contributed by atoms with van der Waals surface area (Å²) in [6.07, 6.45) is 1.09. The van der Waals surface area contributed by atoms with Crippen LogP contribution >= 0.6 is 0 Å². The van der Waals surface area contributed by atoms with Crippen LogP contribution in [0.5, 0.6) is 0 Å². The molecule has 7 nitrogen and oxygen atoms in total. The molecule has 0 aliphatic rings. The molecule has 0 saturated heterocycles. The number of carboxylic acids is 1. The van der Waals surface area contributed by atoms with Crippen LogP contribution in [0.3, 0.4) is 0 Å². The van der Waals surface area contributed by atoms with Crippen molar-refractivity contribution in [3.8, 4) is 0 Å². The minimum absolute atomic E-state index is 0.0391. The van der Waals surface area contributed by atoms with Crippen molar-refractivity contribution in [2.24, 2.45) is 0 Å². The number of aromatic amines is 1. The number of carboxylic acid groups (broad SMARTS) is 1. The molecule has 0 atom stereocenters. The Morgan fingerprint density at radius 2 is 2.11 bits per heavy atom. The molecule has 0 aromatic carbocycles. The lowest BCUT2D eigenvalue weighted by Crippen LogP contribution is -2.46. The van der Waals surface area contributed by atoms with Crippen molar-refractivity contribution in [1.82, 2.24) is 14.5 Å². The number of sulfonamides is 1. The molecule has 2 N–H and O–H groups in total. The minimum Gasteiger partial charge on any atom is -0.481 e. The number of aromatic nitrogens is 2. The molecule has 1 aromatic heterocycles. The van der Waals surface area contributed by atoms with E-state index in [-0.39, 0.29) is 18.0 Å². The molecule has 0 aliphatic carbocycles. The Kier molecular flexibility index (Phi) is 4.12. The van der Waals surface area contributed by atoms with Crippen LogP contribution in [0.4, 0.5) is 0 Å². The fraction of sp³-hybridized carbons (Fsp3) is 0.600. The van der Waals surface area contributed by atoms with Crippen LogP contribution in [0.25, 0.3) is 0 Å². The van der Waals surface area contributed by atoms with Gasteiger partial charge in [0.15, 0.2) is 5.03 Å².